The summed E-state index contributed by atoms with van der Waals surface area (Å²) < 4.78 is 11.4. The second-order valence-electron chi connectivity index (χ2n) is 5.92. The molecule has 19 heavy (non-hydrogen) atoms. The van der Waals surface area contributed by atoms with Crippen molar-refractivity contribution in [1.29, 1.82) is 0 Å². The minimum absolute atomic E-state index is 0.0320. The van der Waals surface area contributed by atoms with Crippen molar-refractivity contribution in [3.05, 3.63) is 9.75 Å². The molecule has 0 radical (unpaired) electrons. The molecule has 1 unspecified atom stereocenters. The molecule has 0 aliphatic rings. The minimum atomic E-state index is -0.0625. The summed E-state index contributed by atoms with van der Waals surface area (Å²) in [5.41, 5.74) is -0.0320. The number of hydrogen-bond donors (Lipinski definition) is 1. The predicted molar refractivity (Wildman–Crippen MR) is 80.6 cm³/mol. The lowest BCUT2D eigenvalue weighted by atomic mass is 9.94. The molecule has 1 atom stereocenters. The van der Waals surface area contributed by atoms with Crippen molar-refractivity contribution >= 4 is 11.3 Å². The summed E-state index contributed by atoms with van der Waals surface area (Å²) in [4.78, 5) is 1.99. The van der Waals surface area contributed by atoms with Gasteiger partial charge in [0.15, 0.2) is 11.5 Å². The number of rotatable bonds is 6. The van der Waals surface area contributed by atoms with E-state index >= 15 is 0 Å². The van der Waals surface area contributed by atoms with E-state index in [0.717, 1.165) is 22.8 Å². The predicted octanol–water partition coefficient (Wildman–Crippen LogP) is 4.25. The fraction of sp³-hybridized carbons (Fsp3) is 0.733. The highest BCUT2D eigenvalue weighted by molar-refractivity contribution is 7.12. The van der Waals surface area contributed by atoms with E-state index in [0.29, 0.717) is 12.4 Å². The zero-order chi connectivity index (χ0) is 14.6. The third kappa shape index (κ3) is 4.39. The number of aryl methyl sites for hydroxylation is 1. The van der Waals surface area contributed by atoms with Gasteiger partial charge in [0.2, 0.25) is 0 Å². The molecule has 1 aromatic heterocycles. The van der Waals surface area contributed by atoms with Crippen LogP contribution in [0.15, 0.2) is 0 Å². The largest absolute Gasteiger partial charge is 0.503 e. The number of aromatic hydroxyl groups is 1. The molecule has 1 N–H and O–H groups in total. The zero-order valence-corrected chi connectivity index (χ0v) is 13.7. The Balaban J connectivity index is 2.82. The van der Waals surface area contributed by atoms with Gasteiger partial charge < -0.3 is 14.6 Å². The Kier molecular flexibility index (Phi) is 5.68. The molecular formula is C15H26O3S. The molecule has 0 aromatic carbocycles. The molecule has 0 aliphatic heterocycles. The molecule has 0 bridgehead atoms. The van der Waals surface area contributed by atoms with Crippen LogP contribution in [0.25, 0.3) is 0 Å². The van der Waals surface area contributed by atoms with Crippen LogP contribution in [0.2, 0.25) is 0 Å². The van der Waals surface area contributed by atoms with Gasteiger partial charge in [-0.05, 0) is 20.3 Å². The molecule has 3 nitrogen and oxygen atoms in total. The molecular weight excluding hydrogens is 260 g/mol. The molecule has 1 aromatic rings. The molecule has 0 amide bonds. The fourth-order valence-electron chi connectivity index (χ4n) is 1.75. The van der Waals surface area contributed by atoms with E-state index in [4.69, 9.17) is 9.47 Å². The second kappa shape index (κ2) is 6.62. The highest BCUT2D eigenvalue weighted by atomic mass is 32.1. The maximum atomic E-state index is 10.1. The van der Waals surface area contributed by atoms with Crippen LogP contribution >= 0.6 is 11.3 Å². The maximum Gasteiger partial charge on any atom is 0.176 e. The highest BCUT2D eigenvalue weighted by Gasteiger charge is 2.27. The van der Waals surface area contributed by atoms with Gasteiger partial charge in [-0.2, -0.15) is 0 Å². The van der Waals surface area contributed by atoms with Crippen LogP contribution in [0.1, 0.15) is 50.8 Å². The van der Waals surface area contributed by atoms with Crippen molar-refractivity contribution in [2.24, 2.45) is 0 Å². The van der Waals surface area contributed by atoms with Crippen LogP contribution in [0.5, 0.6) is 11.5 Å². The monoisotopic (exact) mass is 286 g/mol. The van der Waals surface area contributed by atoms with Crippen LogP contribution in [0.3, 0.4) is 0 Å². The molecule has 110 valence electrons. The van der Waals surface area contributed by atoms with Gasteiger partial charge in [0.1, 0.15) is 6.10 Å². The Morgan fingerprint density at radius 1 is 1.32 bits per heavy atom. The molecule has 0 fully saturated rings. The van der Waals surface area contributed by atoms with E-state index in [1.54, 1.807) is 11.3 Å². The first kappa shape index (κ1) is 16.3. The molecule has 0 saturated carbocycles. The van der Waals surface area contributed by atoms with Crippen molar-refractivity contribution in [3.63, 3.8) is 0 Å². The second-order valence-corrected chi connectivity index (χ2v) is 7.14. The lowest BCUT2D eigenvalue weighted by Crippen LogP contribution is -2.21. The lowest BCUT2D eigenvalue weighted by Gasteiger charge is -2.21. The van der Waals surface area contributed by atoms with Gasteiger partial charge in [0, 0.05) is 16.9 Å². The first-order chi connectivity index (χ1) is 8.77. The average Bonchev–Trinajstić information content (AvgIpc) is 2.57. The Labute approximate surface area is 120 Å². The van der Waals surface area contributed by atoms with Crippen LogP contribution in [-0.2, 0) is 10.2 Å². The summed E-state index contributed by atoms with van der Waals surface area (Å²) in [6.07, 6.45) is 0.940. The van der Waals surface area contributed by atoms with Crippen molar-refractivity contribution in [1.82, 2.24) is 0 Å². The van der Waals surface area contributed by atoms with E-state index in [1.807, 2.05) is 13.8 Å². The summed E-state index contributed by atoms with van der Waals surface area (Å²) in [5, 5.41) is 10.1. The first-order valence-corrected chi connectivity index (χ1v) is 7.66. The molecule has 1 heterocycles. The molecule has 0 spiro atoms. The van der Waals surface area contributed by atoms with Gasteiger partial charge in [-0.3, -0.25) is 0 Å². The Bertz CT molecular complexity index is 404. The molecule has 0 saturated heterocycles. The van der Waals surface area contributed by atoms with Crippen LogP contribution in [-0.4, -0.2) is 24.4 Å². The van der Waals surface area contributed by atoms with E-state index in [-0.39, 0.29) is 17.3 Å². The van der Waals surface area contributed by atoms with E-state index in [2.05, 4.69) is 27.7 Å². The third-order valence-corrected chi connectivity index (χ3v) is 4.21. The number of ether oxygens (including phenoxy) is 2. The molecule has 1 rings (SSSR count). The SMILES string of the molecule is CCCOCC(C)Oc1c(C(C)(C)C)sc(C)c1O. The van der Waals surface area contributed by atoms with Crippen LogP contribution < -0.4 is 4.74 Å². The van der Waals surface area contributed by atoms with Crippen LogP contribution in [0, 0.1) is 6.92 Å². The quantitative estimate of drug-likeness (QED) is 0.794. The zero-order valence-electron chi connectivity index (χ0n) is 12.9. The first-order valence-electron chi connectivity index (χ1n) is 6.84. The van der Waals surface area contributed by atoms with Gasteiger partial charge in [-0.25, -0.2) is 0 Å². The maximum absolute atomic E-state index is 10.1. The summed E-state index contributed by atoms with van der Waals surface area (Å²) in [6.45, 7) is 13.6. The average molecular weight is 286 g/mol. The smallest absolute Gasteiger partial charge is 0.176 e. The van der Waals surface area contributed by atoms with E-state index in [9.17, 15) is 5.11 Å². The molecule has 0 aliphatic carbocycles. The van der Waals surface area contributed by atoms with E-state index < -0.39 is 0 Å². The third-order valence-electron chi connectivity index (χ3n) is 2.71. The highest BCUT2D eigenvalue weighted by Crippen LogP contribution is 2.46. The Morgan fingerprint density at radius 3 is 2.47 bits per heavy atom. The number of thiophene rings is 1. The van der Waals surface area contributed by atoms with Gasteiger partial charge >= 0.3 is 0 Å². The van der Waals surface area contributed by atoms with E-state index in [1.165, 1.54) is 0 Å². The van der Waals surface area contributed by atoms with Gasteiger partial charge in [-0.15, -0.1) is 11.3 Å². The van der Waals surface area contributed by atoms with Crippen molar-refractivity contribution < 1.29 is 14.6 Å². The van der Waals surface area contributed by atoms with Gasteiger partial charge in [-0.1, -0.05) is 27.7 Å². The summed E-state index contributed by atoms with van der Waals surface area (Å²) >= 11 is 1.60. The van der Waals surface area contributed by atoms with Crippen molar-refractivity contribution in [2.75, 3.05) is 13.2 Å². The summed E-state index contributed by atoms with van der Waals surface area (Å²) in [7, 11) is 0. The molecule has 4 heteroatoms. The fourth-order valence-corrected chi connectivity index (χ4v) is 2.79. The topological polar surface area (TPSA) is 38.7 Å². The Hall–Kier alpha value is -0.740. The summed E-state index contributed by atoms with van der Waals surface area (Å²) in [5.74, 6) is 0.903. The van der Waals surface area contributed by atoms with Gasteiger partial charge in [0.25, 0.3) is 0 Å². The van der Waals surface area contributed by atoms with Crippen molar-refractivity contribution in [3.8, 4) is 11.5 Å². The lowest BCUT2D eigenvalue weighted by molar-refractivity contribution is 0.0571. The number of hydrogen-bond acceptors (Lipinski definition) is 4. The van der Waals surface area contributed by atoms with Crippen molar-refractivity contribution in [2.45, 2.75) is 59.5 Å². The van der Waals surface area contributed by atoms with Crippen LogP contribution in [0.4, 0.5) is 0 Å². The Morgan fingerprint density at radius 2 is 1.95 bits per heavy atom. The summed E-state index contributed by atoms with van der Waals surface area (Å²) in [6, 6.07) is 0. The normalized spacial score (nSPS) is 13.6. The van der Waals surface area contributed by atoms with Gasteiger partial charge in [0.05, 0.1) is 11.5 Å². The standard InChI is InChI=1S/C15H26O3S/c1-7-8-17-9-10(2)18-13-12(16)11(3)19-14(13)15(4,5)6/h10,16H,7-9H2,1-6H3. The minimum Gasteiger partial charge on any atom is -0.503 e.